The molecule has 0 saturated carbocycles. The molecule has 0 saturated heterocycles. The summed E-state index contributed by atoms with van der Waals surface area (Å²) < 4.78 is 13.9. The Kier molecular flexibility index (Phi) is 5.42. The molecule has 2 N–H and O–H groups in total. The fourth-order valence-electron chi connectivity index (χ4n) is 3.50. The Morgan fingerprint density at radius 3 is 2.80 bits per heavy atom. The first-order chi connectivity index (χ1) is 14.3. The van der Waals surface area contributed by atoms with Gasteiger partial charge >= 0.3 is 0 Å². The van der Waals surface area contributed by atoms with Crippen LogP contribution in [0, 0.1) is 5.82 Å². The summed E-state index contributed by atoms with van der Waals surface area (Å²) in [4.78, 5) is 21.0. The third-order valence-electron chi connectivity index (χ3n) is 4.98. The lowest BCUT2D eigenvalue weighted by molar-refractivity contribution is 0.0940. The number of carbonyl (C=O) groups is 1. The topological polar surface area (TPSA) is 66.9 Å². The van der Waals surface area contributed by atoms with Crippen molar-refractivity contribution < 1.29 is 9.18 Å². The fraction of sp³-hybridized carbons (Fsp3) is 0.227. The highest BCUT2D eigenvalue weighted by Gasteiger charge is 2.35. The molecule has 4 rings (SSSR count). The van der Waals surface area contributed by atoms with Gasteiger partial charge in [0.2, 0.25) is 5.95 Å². The standard InChI is InChI=1S/C22H20ClFN4OS/c1-22(2)16-9-12(4-6-15(16)20(29)28-22)19-17(23)10-25-21(27-19)26-14-5-7-18(24)13(8-14)11-30-3/h4-10H,11H2,1-3H3,(H,28,29)(H,25,26,27). The number of amides is 1. The second kappa shape index (κ2) is 7.89. The monoisotopic (exact) mass is 442 g/mol. The molecule has 0 radical (unpaired) electrons. The number of hydrogen-bond donors (Lipinski definition) is 2. The lowest BCUT2D eigenvalue weighted by atomic mass is 9.92. The van der Waals surface area contributed by atoms with Gasteiger partial charge in [-0.05, 0) is 61.6 Å². The van der Waals surface area contributed by atoms with Gasteiger partial charge in [0.05, 0.1) is 22.5 Å². The van der Waals surface area contributed by atoms with Crippen molar-refractivity contribution in [3.8, 4) is 11.3 Å². The number of thioether (sulfide) groups is 1. The van der Waals surface area contributed by atoms with Crippen molar-refractivity contribution in [3.63, 3.8) is 0 Å². The summed E-state index contributed by atoms with van der Waals surface area (Å²) in [6.45, 7) is 3.91. The highest BCUT2D eigenvalue weighted by atomic mass is 35.5. The molecule has 0 atom stereocenters. The summed E-state index contributed by atoms with van der Waals surface area (Å²) in [6, 6.07) is 10.4. The minimum Gasteiger partial charge on any atom is -0.343 e. The van der Waals surface area contributed by atoms with E-state index in [0.29, 0.717) is 39.2 Å². The molecule has 30 heavy (non-hydrogen) atoms. The average Bonchev–Trinajstić information content (AvgIpc) is 2.94. The zero-order valence-corrected chi connectivity index (χ0v) is 18.3. The van der Waals surface area contributed by atoms with E-state index in [1.807, 2.05) is 32.2 Å². The number of nitrogens with one attached hydrogen (secondary N) is 2. The zero-order valence-electron chi connectivity index (χ0n) is 16.7. The number of rotatable bonds is 5. The van der Waals surface area contributed by atoms with Crippen LogP contribution >= 0.6 is 23.4 Å². The number of carbonyl (C=O) groups excluding carboxylic acids is 1. The first-order valence-corrected chi connectivity index (χ1v) is 11.1. The summed E-state index contributed by atoms with van der Waals surface area (Å²) in [6.07, 6.45) is 3.45. The van der Waals surface area contributed by atoms with Crippen molar-refractivity contribution in [2.75, 3.05) is 11.6 Å². The number of aromatic nitrogens is 2. The predicted molar refractivity (Wildman–Crippen MR) is 120 cm³/mol. The van der Waals surface area contributed by atoms with E-state index >= 15 is 0 Å². The van der Waals surface area contributed by atoms with Crippen LogP contribution in [0.5, 0.6) is 0 Å². The van der Waals surface area contributed by atoms with Gasteiger partial charge in [0, 0.05) is 22.6 Å². The van der Waals surface area contributed by atoms with Crippen molar-refractivity contribution in [1.82, 2.24) is 15.3 Å². The summed E-state index contributed by atoms with van der Waals surface area (Å²) in [5, 5.41) is 6.49. The number of benzene rings is 2. The van der Waals surface area contributed by atoms with Gasteiger partial charge in [0.25, 0.3) is 5.91 Å². The summed E-state index contributed by atoms with van der Waals surface area (Å²) in [5.41, 5.74) is 3.73. The maximum atomic E-state index is 13.9. The van der Waals surface area contributed by atoms with Crippen molar-refractivity contribution >= 4 is 40.9 Å². The number of fused-ring (bicyclic) bond motifs is 1. The van der Waals surface area contributed by atoms with E-state index in [9.17, 15) is 9.18 Å². The lowest BCUT2D eigenvalue weighted by Crippen LogP contribution is -2.32. The fourth-order valence-corrected chi connectivity index (χ4v) is 4.24. The third-order valence-corrected chi connectivity index (χ3v) is 5.86. The molecule has 0 unspecified atom stereocenters. The molecule has 0 spiro atoms. The molecule has 2 aromatic carbocycles. The van der Waals surface area contributed by atoms with Crippen LogP contribution in [0.3, 0.4) is 0 Å². The molecule has 3 aromatic rings. The molecule has 0 aliphatic carbocycles. The normalized spacial score (nSPS) is 14.4. The zero-order chi connectivity index (χ0) is 21.5. The van der Waals surface area contributed by atoms with Crippen LogP contribution in [0.25, 0.3) is 11.3 Å². The van der Waals surface area contributed by atoms with Crippen molar-refractivity contribution in [3.05, 3.63) is 70.1 Å². The Labute approximate surface area is 183 Å². The van der Waals surface area contributed by atoms with Gasteiger partial charge in [0.15, 0.2) is 0 Å². The summed E-state index contributed by atoms with van der Waals surface area (Å²) in [7, 11) is 0. The van der Waals surface area contributed by atoms with Crippen LogP contribution in [0.1, 0.15) is 35.3 Å². The minimum absolute atomic E-state index is 0.0879. The van der Waals surface area contributed by atoms with Gasteiger partial charge in [-0.3, -0.25) is 4.79 Å². The van der Waals surface area contributed by atoms with Crippen molar-refractivity contribution in [2.24, 2.45) is 0 Å². The molecule has 8 heteroatoms. The van der Waals surface area contributed by atoms with Crippen LogP contribution in [-0.4, -0.2) is 22.1 Å². The van der Waals surface area contributed by atoms with Gasteiger partial charge in [-0.1, -0.05) is 17.7 Å². The minimum atomic E-state index is -0.467. The Morgan fingerprint density at radius 2 is 2.03 bits per heavy atom. The molecule has 5 nitrogen and oxygen atoms in total. The van der Waals surface area contributed by atoms with Gasteiger partial charge in [-0.25, -0.2) is 14.4 Å². The summed E-state index contributed by atoms with van der Waals surface area (Å²) in [5.74, 6) is 0.600. The van der Waals surface area contributed by atoms with Gasteiger partial charge in [-0.15, -0.1) is 0 Å². The average molecular weight is 443 g/mol. The number of hydrogen-bond acceptors (Lipinski definition) is 5. The number of nitrogens with zero attached hydrogens (tertiary/aromatic N) is 2. The largest absolute Gasteiger partial charge is 0.343 e. The number of halogens is 2. The SMILES string of the molecule is CSCc1cc(Nc2ncc(Cl)c(-c3ccc4c(c3)C(C)(C)NC4=O)n2)ccc1F. The first kappa shape index (κ1) is 20.6. The molecular formula is C22H20ClFN4OS. The maximum Gasteiger partial charge on any atom is 0.252 e. The quantitative estimate of drug-likeness (QED) is 0.544. The number of anilines is 2. The van der Waals surface area contributed by atoms with E-state index in [-0.39, 0.29) is 11.7 Å². The maximum absolute atomic E-state index is 13.9. The molecule has 1 aromatic heterocycles. The summed E-state index contributed by atoms with van der Waals surface area (Å²) >= 11 is 7.93. The molecule has 0 fully saturated rings. The van der Waals surface area contributed by atoms with Crippen LogP contribution in [0.2, 0.25) is 5.02 Å². The van der Waals surface area contributed by atoms with Gasteiger partial charge in [0.1, 0.15) is 5.82 Å². The Morgan fingerprint density at radius 1 is 1.23 bits per heavy atom. The van der Waals surface area contributed by atoms with Crippen LogP contribution in [0.15, 0.2) is 42.6 Å². The second-order valence-electron chi connectivity index (χ2n) is 7.59. The van der Waals surface area contributed by atoms with Crippen molar-refractivity contribution in [1.29, 1.82) is 0 Å². The second-order valence-corrected chi connectivity index (χ2v) is 8.87. The van der Waals surface area contributed by atoms with Gasteiger partial charge in [-0.2, -0.15) is 11.8 Å². The lowest BCUT2D eigenvalue weighted by Gasteiger charge is -2.19. The van der Waals surface area contributed by atoms with Crippen LogP contribution < -0.4 is 10.6 Å². The Hall–Kier alpha value is -2.64. The Bertz CT molecular complexity index is 1150. The van der Waals surface area contributed by atoms with Gasteiger partial charge < -0.3 is 10.6 Å². The van der Waals surface area contributed by atoms with Crippen LogP contribution in [0.4, 0.5) is 16.0 Å². The molecule has 1 aliphatic heterocycles. The predicted octanol–water partition coefficient (Wildman–Crippen LogP) is 5.52. The molecule has 1 aliphatic rings. The highest BCUT2D eigenvalue weighted by Crippen LogP contribution is 2.35. The smallest absolute Gasteiger partial charge is 0.252 e. The molecule has 1 amide bonds. The van der Waals surface area contributed by atoms with E-state index in [1.54, 1.807) is 30.0 Å². The molecule has 2 heterocycles. The molecule has 154 valence electrons. The highest BCUT2D eigenvalue weighted by molar-refractivity contribution is 7.97. The van der Waals surface area contributed by atoms with Crippen LogP contribution in [-0.2, 0) is 11.3 Å². The van der Waals surface area contributed by atoms with E-state index in [2.05, 4.69) is 20.6 Å². The van der Waals surface area contributed by atoms with E-state index in [4.69, 9.17) is 11.6 Å². The van der Waals surface area contributed by atoms with E-state index < -0.39 is 5.54 Å². The Balaban J connectivity index is 1.69. The first-order valence-electron chi connectivity index (χ1n) is 9.33. The molecular weight excluding hydrogens is 423 g/mol. The third kappa shape index (κ3) is 3.87. The molecule has 0 bridgehead atoms. The van der Waals surface area contributed by atoms with Crippen molar-refractivity contribution in [2.45, 2.75) is 25.1 Å². The van der Waals surface area contributed by atoms with E-state index in [1.165, 1.54) is 12.3 Å². The van der Waals surface area contributed by atoms with E-state index in [0.717, 1.165) is 11.1 Å².